The maximum atomic E-state index is 11.8. The van der Waals surface area contributed by atoms with Gasteiger partial charge in [-0.25, -0.2) is 0 Å². The summed E-state index contributed by atoms with van der Waals surface area (Å²) in [7, 11) is 0. The van der Waals surface area contributed by atoms with E-state index in [-0.39, 0.29) is 11.4 Å². The molecule has 3 aliphatic rings. The first kappa shape index (κ1) is 9.04. The van der Waals surface area contributed by atoms with Gasteiger partial charge in [-0.2, -0.15) is 0 Å². The fraction of sp³-hybridized carbons (Fsp3) is 0.909. The third-order valence-electron chi connectivity index (χ3n) is 3.80. The van der Waals surface area contributed by atoms with Crippen molar-refractivity contribution >= 4 is 5.97 Å². The molecule has 0 N–H and O–H groups in total. The van der Waals surface area contributed by atoms with Crippen LogP contribution in [0.25, 0.3) is 0 Å². The summed E-state index contributed by atoms with van der Waals surface area (Å²) >= 11 is 0. The number of fused-ring (bicyclic) bond motifs is 3. The van der Waals surface area contributed by atoms with Crippen LogP contribution in [0.15, 0.2) is 0 Å². The largest absolute Gasteiger partial charge is 0.466 e. The summed E-state index contributed by atoms with van der Waals surface area (Å²) in [6.07, 6.45) is 6.99. The van der Waals surface area contributed by atoms with Crippen LogP contribution < -0.4 is 0 Å². The fourth-order valence-corrected chi connectivity index (χ4v) is 2.84. The Hall–Kier alpha value is -0.530. The average molecular weight is 182 g/mol. The molecule has 2 nitrogen and oxygen atoms in total. The molecule has 0 saturated heterocycles. The number of esters is 1. The molecule has 0 aromatic carbocycles. The Balaban J connectivity index is 2.05. The highest BCUT2D eigenvalue weighted by Crippen LogP contribution is 2.50. The van der Waals surface area contributed by atoms with E-state index in [0.29, 0.717) is 6.61 Å². The van der Waals surface area contributed by atoms with E-state index in [1.54, 1.807) is 0 Å². The van der Waals surface area contributed by atoms with Gasteiger partial charge in [-0.15, -0.1) is 0 Å². The normalized spacial score (nSPS) is 37.5. The highest BCUT2D eigenvalue weighted by atomic mass is 16.5. The van der Waals surface area contributed by atoms with Crippen LogP contribution in [0.5, 0.6) is 0 Å². The molecule has 3 fully saturated rings. The molecule has 2 heteroatoms. The fourth-order valence-electron chi connectivity index (χ4n) is 2.84. The van der Waals surface area contributed by atoms with E-state index >= 15 is 0 Å². The van der Waals surface area contributed by atoms with E-state index in [0.717, 1.165) is 25.2 Å². The summed E-state index contributed by atoms with van der Waals surface area (Å²) in [6.45, 7) is 2.42. The Labute approximate surface area is 79.7 Å². The van der Waals surface area contributed by atoms with Crippen molar-refractivity contribution in [3.63, 3.8) is 0 Å². The maximum absolute atomic E-state index is 11.8. The van der Waals surface area contributed by atoms with E-state index in [2.05, 4.69) is 0 Å². The molecule has 0 radical (unpaired) electrons. The zero-order chi connectivity index (χ0) is 9.31. The lowest BCUT2D eigenvalue weighted by molar-refractivity contribution is -0.161. The van der Waals surface area contributed by atoms with Crippen LogP contribution in [0.3, 0.4) is 0 Å². The lowest BCUT2D eigenvalue weighted by Gasteiger charge is -2.44. The van der Waals surface area contributed by atoms with E-state index in [4.69, 9.17) is 4.74 Å². The Bertz CT molecular complexity index is 188. The smallest absolute Gasteiger partial charge is 0.312 e. The third-order valence-corrected chi connectivity index (χ3v) is 3.80. The zero-order valence-corrected chi connectivity index (χ0v) is 8.34. The minimum atomic E-state index is -0.0647. The van der Waals surface area contributed by atoms with Crippen LogP contribution in [0.4, 0.5) is 0 Å². The number of hydrogen-bond acceptors (Lipinski definition) is 2. The molecule has 74 valence electrons. The van der Waals surface area contributed by atoms with E-state index in [9.17, 15) is 4.79 Å². The first-order valence-corrected chi connectivity index (χ1v) is 5.44. The van der Waals surface area contributed by atoms with Crippen LogP contribution in [-0.4, -0.2) is 12.6 Å². The highest BCUT2D eigenvalue weighted by Gasteiger charge is 2.46. The van der Waals surface area contributed by atoms with Crippen molar-refractivity contribution in [3.8, 4) is 0 Å². The third kappa shape index (κ3) is 1.47. The van der Waals surface area contributed by atoms with Gasteiger partial charge in [0.15, 0.2) is 0 Å². The Morgan fingerprint density at radius 3 is 2.31 bits per heavy atom. The summed E-state index contributed by atoms with van der Waals surface area (Å²) < 4.78 is 5.16. The van der Waals surface area contributed by atoms with E-state index < -0.39 is 0 Å². The second kappa shape index (κ2) is 3.32. The SMILES string of the molecule is CCOC(=O)C12CCC(CC1)CC2. The van der Waals surface area contributed by atoms with Gasteiger partial charge in [0.2, 0.25) is 0 Å². The number of ether oxygens (including phenoxy) is 1. The van der Waals surface area contributed by atoms with Crippen molar-refractivity contribution < 1.29 is 9.53 Å². The quantitative estimate of drug-likeness (QED) is 0.613. The second-order valence-corrected chi connectivity index (χ2v) is 4.48. The molecular weight excluding hydrogens is 164 g/mol. The van der Waals surface area contributed by atoms with Gasteiger partial charge in [0, 0.05) is 0 Å². The Morgan fingerprint density at radius 2 is 1.85 bits per heavy atom. The average Bonchev–Trinajstić information content (AvgIpc) is 2.21. The second-order valence-electron chi connectivity index (χ2n) is 4.48. The van der Waals surface area contributed by atoms with Gasteiger partial charge in [-0.1, -0.05) is 0 Å². The van der Waals surface area contributed by atoms with Crippen molar-refractivity contribution in [2.45, 2.75) is 45.4 Å². The summed E-state index contributed by atoms with van der Waals surface area (Å²) in [5, 5.41) is 0. The molecule has 0 heterocycles. The molecule has 3 aliphatic carbocycles. The van der Waals surface area contributed by atoms with Gasteiger partial charge in [0.25, 0.3) is 0 Å². The minimum absolute atomic E-state index is 0.0647. The molecule has 0 spiro atoms. The van der Waals surface area contributed by atoms with Crippen molar-refractivity contribution in [1.82, 2.24) is 0 Å². The van der Waals surface area contributed by atoms with E-state index in [1.807, 2.05) is 6.92 Å². The van der Waals surface area contributed by atoms with Gasteiger partial charge in [-0.3, -0.25) is 4.79 Å². The van der Waals surface area contributed by atoms with Crippen LogP contribution in [0, 0.1) is 11.3 Å². The Kier molecular flexibility index (Phi) is 2.31. The minimum Gasteiger partial charge on any atom is -0.466 e. The summed E-state index contributed by atoms with van der Waals surface area (Å²) in [6, 6.07) is 0. The van der Waals surface area contributed by atoms with E-state index in [1.165, 1.54) is 19.3 Å². The van der Waals surface area contributed by atoms with Gasteiger partial charge in [0.1, 0.15) is 0 Å². The molecule has 0 unspecified atom stereocenters. The number of hydrogen-bond donors (Lipinski definition) is 0. The molecular formula is C11H18O2. The standard InChI is InChI=1S/C11H18O2/c1-2-13-10(12)11-6-3-9(4-7-11)5-8-11/h9H,2-8H2,1H3. The topological polar surface area (TPSA) is 26.3 Å². The lowest BCUT2D eigenvalue weighted by atomic mass is 9.61. The first-order chi connectivity index (χ1) is 6.27. The van der Waals surface area contributed by atoms with Crippen LogP contribution in [-0.2, 0) is 9.53 Å². The Morgan fingerprint density at radius 1 is 1.31 bits per heavy atom. The number of carbonyl (C=O) groups excluding carboxylic acids is 1. The molecule has 13 heavy (non-hydrogen) atoms. The number of carbonyl (C=O) groups is 1. The molecule has 3 saturated carbocycles. The summed E-state index contributed by atoms with van der Waals surface area (Å²) in [5.74, 6) is 0.990. The molecule has 2 bridgehead atoms. The molecule has 0 amide bonds. The van der Waals surface area contributed by atoms with Crippen LogP contribution >= 0.6 is 0 Å². The molecule has 0 atom stereocenters. The van der Waals surface area contributed by atoms with Crippen molar-refractivity contribution in [2.75, 3.05) is 6.61 Å². The zero-order valence-electron chi connectivity index (χ0n) is 8.34. The van der Waals surface area contributed by atoms with Crippen molar-refractivity contribution in [2.24, 2.45) is 11.3 Å². The predicted octanol–water partition coefficient (Wildman–Crippen LogP) is 2.52. The monoisotopic (exact) mass is 182 g/mol. The summed E-state index contributed by atoms with van der Waals surface area (Å²) in [4.78, 5) is 11.8. The molecule has 3 rings (SSSR count). The van der Waals surface area contributed by atoms with Gasteiger partial charge < -0.3 is 4.74 Å². The van der Waals surface area contributed by atoms with Crippen molar-refractivity contribution in [1.29, 1.82) is 0 Å². The molecule has 0 aliphatic heterocycles. The first-order valence-electron chi connectivity index (χ1n) is 5.44. The van der Waals surface area contributed by atoms with Crippen LogP contribution in [0.1, 0.15) is 45.4 Å². The van der Waals surface area contributed by atoms with Gasteiger partial charge in [-0.05, 0) is 51.4 Å². The lowest BCUT2D eigenvalue weighted by Crippen LogP contribution is -2.41. The molecule has 0 aromatic heterocycles. The van der Waals surface area contributed by atoms with Gasteiger partial charge in [0.05, 0.1) is 12.0 Å². The highest BCUT2D eigenvalue weighted by molar-refractivity contribution is 5.77. The van der Waals surface area contributed by atoms with Crippen LogP contribution in [0.2, 0.25) is 0 Å². The maximum Gasteiger partial charge on any atom is 0.312 e. The predicted molar refractivity (Wildman–Crippen MR) is 50.3 cm³/mol. The van der Waals surface area contributed by atoms with Crippen molar-refractivity contribution in [3.05, 3.63) is 0 Å². The number of rotatable bonds is 2. The molecule has 0 aromatic rings. The van der Waals surface area contributed by atoms with Gasteiger partial charge >= 0.3 is 5.97 Å². The summed E-state index contributed by atoms with van der Waals surface area (Å²) in [5.41, 5.74) is -0.0647.